The number of halogens is 1. The lowest BCUT2D eigenvalue weighted by molar-refractivity contribution is 0.136. The molecule has 0 aliphatic heterocycles. The maximum Gasteiger partial charge on any atom is 0.421 e. The summed E-state index contributed by atoms with van der Waals surface area (Å²) < 4.78 is 47.4. The van der Waals surface area contributed by atoms with Crippen LogP contribution < -0.4 is 4.72 Å². The first kappa shape index (κ1) is 18.0. The molecule has 144 valence electrons. The second-order valence-electron chi connectivity index (χ2n) is 6.13. The van der Waals surface area contributed by atoms with Crippen molar-refractivity contribution in [3.05, 3.63) is 54.3 Å². The van der Waals surface area contributed by atoms with E-state index in [9.17, 15) is 17.6 Å². The van der Waals surface area contributed by atoms with E-state index in [1.165, 1.54) is 12.1 Å². The fourth-order valence-corrected chi connectivity index (χ4v) is 3.21. The summed E-state index contributed by atoms with van der Waals surface area (Å²) >= 11 is 0. The number of aromatic amines is 1. The van der Waals surface area contributed by atoms with Crippen molar-refractivity contribution in [3.63, 3.8) is 0 Å². The first-order chi connectivity index (χ1) is 13.3. The van der Waals surface area contributed by atoms with E-state index in [0.717, 1.165) is 22.8 Å². The maximum absolute atomic E-state index is 13.4. The van der Waals surface area contributed by atoms with Crippen LogP contribution in [0.5, 0.6) is 0 Å². The third-order valence-electron chi connectivity index (χ3n) is 3.98. The van der Waals surface area contributed by atoms with Gasteiger partial charge in [-0.3, -0.25) is 0 Å². The Morgan fingerprint density at radius 2 is 2.11 bits per heavy atom. The monoisotopic (exact) mass is 403 g/mol. The molecule has 0 unspecified atom stereocenters. The largest absolute Gasteiger partial charge is 0.439 e. The van der Waals surface area contributed by atoms with Crippen molar-refractivity contribution in [2.24, 2.45) is 0 Å². The lowest BCUT2D eigenvalue weighted by Crippen LogP contribution is -2.29. The normalized spacial score (nSPS) is 11.8. The van der Waals surface area contributed by atoms with Crippen molar-refractivity contribution in [1.82, 2.24) is 14.7 Å². The summed E-state index contributed by atoms with van der Waals surface area (Å²) in [7, 11) is -3.71. The van der Waals surface area contributed by atoms with Gasteiger partial charge in [0.05, 0.1) is 6.26 Å². The third kappa shape index (κ3) is 3.67. The first-order valence-corrected chi connectivity index (χ1v) is 9.99. The molecule has 1 amide bonds. The highest BCUT2D eigenvalue weighted by molar-refractivity contribution is 7.89. The van der Waals surface area contributed by atoms with Gasteiger partial charge in [0.15, 0.2) is 12.2 Å². The zero-order chi connectivity index (χ0) is 19.9. The third-order valence-corrected chi connectivity index (χ3v) is 4.52. The number of carbonyl (C=O) groups is 1. The number of nitrogens with one attached hydrogen (secondary N) is 2. The SMILES string of the molecule is CS(=O)(=O)NC(=O)OCc1nc2ccc(-c3c[nH]c4cc(F)ccc34)cc2o1. The molecular formula is C18H14FN3O5S. The minimum Gasteiger partial charge on any atom is -0.439 e. The lowest BCUT2D eigenvalue weighted by Gasteiger charge is -2.02. The number of oxazole rings is 1. The van der Waals surface area contributed by atoms with Crippen molar-refractivity contribution in [2.75, 3.05) is 6.26 Å². The second kappa shape index (κ2) is 6.64. The highest BCUT2D eigenvalue weighted by atomic mass is 32.2. The fraction of sp³-hybridized carbons (Fsp3) is 0.111. The molecule has 2 aromatic heterocycles. The van der Waals surface area contributed by atoms with Gasteiger partial charge in [-0.2, -0.15) is 0 Å². The van der Waals surface area contributed by atoms with E-state index in [4.69, 9.17) is 9.15 Å². The number of rotatable bonds is 4. The van der Waals surface area contributed by atoms with Crippen LogP contribution in [0.1, 0.15) is 5.89 Å². The number of nitrogens with zero attached hydrogens (tertiary/aromatic N) is 1. The van der Waals surface area contributed by atoms with Crippen LogP contribution in [0, 0.1) is 5.82 Å². The van der Waals surface area contributed by atoms with Crippen molar-refractivity contribution in [3.8, 4) is 11.1 Å². The smallest absolute Gasteiger partial charge is 0.421 e. The summed E-state index contributed by atoms with van der Waals surface area (Å²) in [5, 5.41) is 0.862. The van der Waals surface area contributed by atoms with Gasteiger partial charge < -0.3 is 14.1 Å². The highest BCUT2D eigenvalue weighted by Crippen LogP contribution is 2.31. The Bertz CT molecular complexity index is 1310. The number of carbonyl (C=O) groups excluding carboxylic acids is 1. The molecule has 0 radical (unpaired) electrons. The standard InChI is InChI=1S/C18H14FN3O5S/c1-28(24,25)22-18(23)26-9-17-21-14-5-2-10(6-16(14)27-17)13-8-20-15-7-11(19)3-4-12(13)15/h2-8,20H,9H2,1H3,(H,22,23). The maximum atomic E-state index is 13.4. The number of sulfonamides is 1. The Morgan fingerprint density at radius 3 is 2.89 bits per heavy atom. The molecule has 0 bridgehead atoms. The number of amides is 1. The summed E-state index contributed by atoms with van der Waals surface area (Å²) in [6.45, 7) is -0.322. The molecule has 0 saturated heterocycles. The lowest BCUT2D eigenvalue weighted by atomic mass is 10.0. The molecule has 0 aliphatic carbocycles. The number of hydrogen-bond donors (Lipinski definition) is 2. The van der Waals surface area contributed by atoms with Crippen LogP contribution in [0.3, 0.4) is 0 Å². The van der Waals surface area contributed by atoms with Crippen LogP contribution in [-0.2, 0) is 21.4 Å². The number of aromatic nitrogens is 2. The number of hydrogen-bond acceptors (Lipinski definition) is 6. The van der Waals surface area contributed by atoms with E-state index in [-0.39, 0.29) is 18.3 Å². The molecule has 2 aromatic carbocycles. The van der Waals surface area contributed by atoms with Crippen LogP contribution in [-0.4, -0.2) is 30.7 Å². The predicted octanol–water partition coefficient (Wildman–Crippen LogP) is 3.30. The van der Waals surface area contributed by atoms with E-state index < -0.39 is 16.1 Å². The van der Waals surface area contributed by atoms with Crippen LogP contribution >= 0.6 is 0 Å². The molecule has 4 rings (SSSR count). The highest BCUT2D eigenvalue weighted by Gasteiger charge is 2.14. The van der Waals surface area contributed by atoms with Crippen molar-refractivity contribution >= 4 is 38.1 Å². The number of fused-ring (bicyclic) bond motifs is 2. The van der Waals surface area contributed by atoms with Gasteiger partial charge in [-0.15, -0.1) is 0 Å². The molecule has 2 N–H and O–H groups in total. The molecule has 2 heterocycles. The Hall–Kier alpha value is -3.40. The molecule has 0 fully saturated rings. The Morgan fingerprint density at radius 1 is 1.29 bits per heavy atom. The van der Waals surface area contributed by atoms with Gasteiger partial charge in [0.2, 0.25) is 15.9 Å². The van der Waals surface area contributed by atoms with E-state index in [1.807, 2.05) is 6.07 Å². The molecule has 0 saturated carbocycles. The van der Waals surface area contributed by atoms with Gasteiger partial charge in [0, 0.05) is 22.7 Å². The van der Waals surface area contributed by atoms with Crippen LogP contribution in [0.4, 0.5) is 9.18 Å². The Balaban J connectivity index is 1.59. The Kier molecular flexibility index (Phi) is 4.27. The van der Waals surface area contributed by atoms with E-state index in [1.54, 1.807) is 29.1 Å². The first-order valence-electron chi connectivity index (χ1n) is 8.09. The van der Waals surface area contributed by atoms with Gasteiger partial charge in [-0.05, 0) is 35.9 Å². The summed E-state index contributed by atoms with van der Waals surface area (Å²) in [6, 6.07) is 9.87. The molecule has 0 spiro atoms. The number of benzene rings is 2. The number of ether oxygens (including phenoxy) is 1. The molecule has 8 nitrogen and oxygen atoms in total. The minimum absolute atomic E-state index is 0.122. The number of H-pyrrole nitrogens is 1. The zero-order valence-electron chi connectivity index (χ0n) is 14.5. The minimum atomic E-state index is -3.71. The van der Waals surface area contributed by atoms with Gasteiger partial charge >= 0.3 is 6.09 Å². The topological polar surface area (TPSA) is 114 Å². The van der Waals surface area contributed by atoms with Crippen LogP contribution in [0.25, 0.3) is 33.1 Å². The van der Waals surface area contributed by atoms with E-state index in [2.05, 4.69) is 9.97 Å². The zero-order valence-corrected chi connectivity index (χ0v) is 15.3. The quantitative estimate of drug-likeness (QED) is 0.540. The summed E-state index contributed by atoms with van der Waals surface area (Å²) in [5.41, 5.74) is 3.41. The average molecular weight is 403 g/mol. The summed E-state index contributed by atoms with van der Waals surface area (Å²) in [5.74, 6) is -0.201. The van der Waals surface area contributed by atoms with Crippen molar-refractivity contribution in [1.29, 1.82) is 0 Å². The van der Waals surface area contributed by atoms with Gasteiger partial charge in [0.1, 0.15) is 11.3 Å². The van der Waals surface area contributed by atoms with Gasteiger partial charge in [-0.1, -0.05) is 6.07 Å². The average Bonchev–Trinajstić information content (AvgIpc) is 3.20. The van der Waals surface area contributed by atoms with E-state index in [0.29, 0.717) is 16.6 Å². The van der Waals surface area contributed by atoms with Gasteiger partial charge in [0.25, 0.3) is 0 Å². The van der Waals surface area contributed by atoms with Crippen molar-refractivity contribution in [2.45, 2.75) is 6.61 Å². The molecular weight excluding hydrogens is 389 g/mol. The van der Waals surface area contributed by atoms with Crippen LogP contribution in [0.15, 0.2) is 47.0 Å². The predicted molar refractivity (Wildman–Crippen MR) is 99.4 cm³/mol. The molecule has 28 heavy (non-hydrogen) atoms. The molecule has 0 aliphatic rings. The molecule has 4 aromatic rings. The summed E-state index contributed by atoms with van der Waals surface area (Å²) in [4.78, 5) is 18.6. The van der Waals surface area contributed by atoms with Gasteiger partial charge in [-0.25, -0.2) is 27.3 Å². The fourth-order valence-electron chi connectivity index (χ4n) is 2.85. The van der Waals surface area contributed by atoms with Crippen molar-refractivity contribution < 1.29 is 26.8 Å². The van der Waals surface area contributed by atoms with Crippen LogP contribution in [0.2, 0.25) is 0 Å². The molecule has 0 atom stereocenters. The Labute approximate surface area is 158 Å². The van der Waals surface area contributed by atoms with E-state index >= 15 is 0 Å². The summed E-state index contributed by atoms with van der Waals surface area (Å²) in [6.07, 6.45) is 1.51. The second-order valence-corrected chi connectivity index (χ2v) is 7.88. The molecule has 10 heteroatoms.